The number of benzene rings is 2. The molecule has 26 heavy (non-hydrogen) atoms. The molecule has 1 amide bonds. The van der Waals surface area contributed by atoms with Crippen molar-refractivity contribution in [3.05, 3.63) is 71.8 Å². The molecule has 0 radical (unpaired) electrons. The van der Waals surface area contributed by atoms with Crippen molar-refractivity contribution in [3.8, 4) is 6.07 Å². The fraction of sp³-hybridized carbons (Fsp3) is 0.190. The van der Waals surface area contributed by atoms with Crippen LogP contribution < -0.4 is 4.90 Å². The molecule has 5 nitrogen and oxygen atoms in total. The van der Waals surface area contributed by atoms with Gasteiger partial charge >= 0.3 is 5.97 Å². The van der Waals surface area contributed by atoms with Gasteiger partial charge in [-0.1, -0.05) is 30.3 Å². The highest BCUT2D eigenvalue weighted by molar-refractivity contribution is 5.98. The van der Waals surface area contributed by atoms with Gasteiger partial charge in [-0.3, -0.25) is 4.79 Å². The Morgan fingerprint density at radius 1 is 1.15 bits per heavy atom. The Morgan fingerprint density at radius 2 is 1.81 bits per heavy atom. The number of para-hydroxylation sites is 1. The minimum Gasteiger partial charge on any atom is -0.449 e. The molecule has 0 aromatic heterocycles. The van der Waals surface area contributed by atoms with Crippen LogP contribution in [0.3, 0.4) is 0 Å². The van der Waals surface area contributed by atoms with Crippen molar-refractivity contribution in [1.29, 1.82) is 5.26 Å². The summed E-state index contributed by atoms with van der Waals surface area (Å²) in [5, 5.41) is 8.77. The largest absolute Gasteiger partial charge is 0.449 e. The van der Waals surface area contributed by atoms with E-state index < -0.39 is 12.1 Å². The molecule has 0 spiro atoms. The predicted octanol–water partition coefficient (Wildman–Crippen LogP) is 3.56. The van der Waals surface area contributed by atoms with Gasteiger partial charge in [0.15, 0.2) is 6.10 Å². The van der Waals surface area contributed by atoms with E-state index >= 15 is 0 Å². The highest BCUT2D eigenvalue weighted by Crippen LogP contribution is 2.15. The molecule has 1 atom stereocenters. The molecule has 0 aliphatic heterocycles. The number of ether oxygens (including phenoxy) is 1. The Bertz CT molecular complexity index is 821. The Morgan fingerprint density at radius 3 is 2.38 bits per heavy atom. The number of nitriles is 1. The summed E-state index contributed by atoms with van der Waals surface area (Å²) in [4.78, 5) is 26.1. The molecule has 0 N–H and O–H groups in total. The van der Waals surface area contributed by atoms with Crippen LogP contribution in [0.1, 0.15) is 25.0 Å². The quantitative estimate of drug-likeness (QED) is 0.591. The van der Waals surface area contributed by atoms with Crippen LogP contribution in [0.4, 0.5) is 5.69 Å². The van der Waals surface area contributed by atoms with Crippen molar-refractivity contribution in [3.63, 3.8) is 0 Å². The SMILES string of the molecule is CCN(C(=O)[C@H](C)OC(=O)/C=C/c1ccc(C#N)cc1)c1ccccc1. The normalized spacial score (nSPS) is 11.6. The summed E-state index contributed by atoms with van der Waals surface area (Å²) in [5.74, 6) is -0.877. The zero-order chi connectivity index (χ0) is 18.9. The van der Waals surface area contributed by atoms with E-state index in [2.05, 4.69) is 0 Å². The monoisotopic (exact) mass is 348 g/mol. The standard InChI is InChI=1S/C21H20N2O3/c1-3-23(19-7-5-4-6-8-19)21(25)16(2)26-20(24)14-13-17-9-11-18(15-22)12-10-17/h4-14,16H,3H2,1-2H3/b14-13+/t16-/m0/s1. The fourth-order valence-corrected chi connectivity index (χ4v) is 2.39. The summed E-state index contributed by atoms with van der Waals surface area (Å²) in [6.45, 7) is 3.90. The van der Waals surface area contributed by atoms with Crippen LogP contribution in [0, 0.1) is 11.3 Å². The van der Waals surface area contributed by atoms with Crippen LogP contribution in [0.15, 0.2) is 60.7 Å². The highest BCUT2D eigenvalue weighted by atomic mass is 16.5. The van der Waals surface area contributed by atoms with E-state index in [0.717, 1.165) is 11.3 Å². The number of hydrogen-bond donors (Lipinski definition) is 0. The summed E-state index contributed by atoms with van der Waals surface area (Å²) in [5.41, 5.74) is 2.07. The van der Waals surface area contributed by atoms with Crippen molar-refractivity contribution < 1.29 is 14.3 Å². The molecule has 0 saturated heterocycles. The van der Waals surface area contributed by atoms with Crippen molar-refractivity contribution in [2.75, 3.05) is 11.4 Å². The van der Waals surface area contributed by atoms with E-state index in [4.69, 9.17) is 10.00 Å². The number of carbonyl (C=O) groups excluding carboxylic acids is 2. The Balaban J connectivity index is 1.97. The van der Waals surface area contributed by atoms with Crippen LogP contribution in [-0.2, 0) is 14.3 Å². The number of carbonyl (C=O) groups is 2. The number of anilines is 1. The Hall–Kier alpha value is -3.39. The third kappa shape index (κ3) is 5.05. The minimum atomic E-state index is -0.895. The first-order valence-corrected chi connectivity index (χ1v) is 8.30. The number of likely N-dealkylation sites (N-methyl/N-ethyl adjacent to an activating group) is 1. The number of amides is 1. The lowest BCUT2D eigenvalue weighted by molar-refractivity contribution is -0.149. The van der Waals surface area contributed by atoms with Gasteiger partial charge in [0.1, 0.15) is 0 Å². The molecule has 2 aromatic carbocycles. The van der Waals surface area contributed by atoms with Gasteiger partial charge in [-0.15, -0.1) is 0 Å². The average molecular weight is 348 g/mol. The smallest absolute Gasteiger partial charge is 0.331 e. The lowest BCUT2D eigenvalue weighted by Crippen LogP contribution is -2.39. The topological polar surface area (TPSA) is 70.4 Å². The van der Waals surface area contributed by atoms with Crippen LogP contribution in [-0.4, -0.2) is 24.5 Å². The lowest BCUT2D eigenvalue weighted by Gasteiger charge is -2.24. The van der Waals surface area contributed by atoms with Crippen LogP contribution in [0.2, 0.25) is 0 Å². The maximum atomic E-state index is 12.5. The minimum absolute atomic E-state index is 0.279. The molecule has 132 valence electrons. The predicted molar refractivity (Wildman–Crippen MR) is 100 cm³/mol. The van der Waals surface area contributed by atoms with Crippen LogP contribution in [0.5, 0.6) is 0 Å². The van der Waals surface area contributed by atoms with E-state index in [-0.39, 0.29) is 5.91 Å². The second-order valence-electron chi connectivity index (χ2n) is 5.56. The van der Waals surface area contributed by atoms with Gasteiger partial charge in [-0.05, 0) is 49.8 Å². The highest BCUT2D eigenvalue weighted by Gasteiger charge is 2.23. The Kier molecular flexibility index (Phi) is 6.69. The number of hydrogen-bond acceptors (Lipinski definition) is 4. The van der Waals surface area contributed by atoms with Gasteiger partial charge in [0.2, 0.25) is 0 Å². The molecule has 0 saturated carbocycles. The van der Waals surface area contributed by atoms with Crippen LogP contribution in [0.25, 0.3) is 6.08 Å². The van der Waals surface area contributed by atoms with Gasteiger partial charge < -0.3 is 9.64 Å². The van der Waals surface area contributed by atoms with Gasteiger partial charge in [0.25, 0.3) is 5.91 Å². The van der Waals surface area contributed by atoms with Gasteiger partial charge in [0, 0.05) is 18.3 Å². The van der Waals surface area contributed by atoms with Crippen molar-refractivity contribution >= 4 is 23.6 Å². The van der Waals surface area contributed by atoms with E-state index in [1.807, 2.05) is 43.3 Å². The second-order valence-corrected chi connectivity index (χ2v) is 5.56. The summed E-state index contributed by atoms with van der Waals surface area (Å²) in [6.07, 6.45) is 1.95. The molecular formula is C21H20N2O3. The molecular weight excluding hydrogens is 328 g/mol. The Labute approximate surface area is 153 Å². The van der Waals surface area contributed by atoms with Gasteiger partial charge in [-0.2, -0.15) is 5.26 Å². The number of rotatable bonds is 6. The third-order valence-corrected chi connectivity index (χ3v) is 3.74. The van der Waals surface area contributed by atoms with Gasteiger partial charge in [-0.25, -0.2) is 4.79 Å². The first-order valence-electron chi connectivity index (χ1n) is 8.30. The summed E-state index contributed by atoms with van der Waals surface area (Å²) < 4.78 is 5.21. The molecule has 0 aliphatic rings. The fourth-order valence-electron chi connectivity index (χ4n) is 2.39. The zero-order valence-corrected chi connectivity index (χ0v) is 14.8. The summed E-state index contributed by atoms with van der Waals surface area (Å²) >= 11 is 0. The van der Waals surface area contributed by atoms with Crippen molar-refractivity contribution in [2.24, 2.45) is 0 Å². The first-order chi connectivity index (χ1) is 12.5. The third-order valence-electron chi connectivity index (χ3n) is 3.74. The molecule has 0 bridgehead atoms. The number of nitrogens with zero attached hydrogens (tertiary/aromatic N) is 2. The van der Waals surface area contributed by atoms with E-state index in [1.54, 1.807) is 42.2 Å². The van der Waals surface area contributed by atoms with E-state index in [1.165, 1.54) is 6.08 Å². The molecule has 0 fully saturated rings. The summed E-state index contributed by atoms with van der Waals surface area (Å²) in [6, 6.07) is 18.1. The molecule has 0 aliphatic carbocycles. The summed E-state index contributed by atoms with van der Waals surface area (Å²) in [7, 11) is 0. The maximum Gasteiger partial charge on any atom is 0.331 e. The lowest BCUT2D eigenvalue weighted by atomic mass is 10.1. The van der Waals surface area contributed by atoms with Crippen molar-refractivity contribution in [1.82, 2.24) is 0 Å². The van der Waals surface area contributed by atoms with Crippen LogP contribution >= 0.6 is 0 Å². The number of esters is 1. The van der Waals surface area contributed by atoms with E-state index in [0.29, 0.717) is 12.1 Å². The second kappa shape index (κ2) is 9.19. The molecule has 5 heteroatoms. The molecule has 2 aromatic rings. The van der Waals surface area contributed by atoms with Gasteiger partial charge in [0.05, 0.1) is 11.6 Å². The zero-order valence-electron chi connectivity index (χ0n) is 14.8. The molecule has 2 rings (SSSR count). The molecule has 0 heterocycles. The van der Waals surface area contributed by atoms with Crippen molar-refractivity contribution in [2.45, 2.75) is 20.0 Å². The average Bonchev–Trinajstić information content (AvgIpc) is 2.68. The van der Waals surface area contributed by atoms with E-state index in [9.17, 15) is 9.59 Å². The first kappa shape index (κ1) is 18.9. The molecule has 0 unspecified atom stereocenters. The maximum absolute atomic E-state index is 12.5.